The van der Waals surface area contributed by atoms with Gasteiger partial charge in [0.25, 0.3) is 0 Å². The third-order valence-corrected chi connectivity index (χ3v) is 3.34. The van der Waals surface area contributed by atoms with Crippen molar-refractivity contribution >= 4 is 0 Å². The summed E-state index contributed by atoms with van der Waals surface area (Å²) in [7, 11) is 2.18. The SMILES string of the molecule is CC1CC(NCC(C)(C)C#N)CCN1C. The number of hydrogen-bond acceptors (Lipinski definition) is 3. The molecule has 1 fully saturated rings. The Kier molecular flexibility index (Phi) is 4.12. The van der Waals surface area contributed by atoms with Crippen LogP contribution in [0, 0.1) is 16.7 Å². The molecule has 86 valence electrons. The van der Waals surface area contributed by atoms with Gasteiger partial charge in [-0.05, 0) is 47.2 Å². The number of rotatable bonds is 3. The molecule has 0 spiro atoms. The number of piperidine rings is 1. The molecule has 1 aliphatic rings. The Morgan fingerprint density at radius 3 is 2.73 bits per heavy atom. The van der Waals surface area contributed by atoms with E-state index in [1.165, 1.54) is 12.8 Å². The molecule has 1 heterocycles. The molecule has 1 N–H and O–H groups in total. The fourth-order valence-corrected chi connectivity index (χ4v) is 1.91. The van der Waals surface area contributed by atoms with Gasteiger partial charge in [0.15, 0.2) is 0 Å². The minimum Gasteiger partial charge on any atom is -0.312 e. The first-order valence-electron chi connectivity index (χ1n) is 5.79. The normalized spacial score (nSPS) is 28.7. The highest BCUT2D eigenvalue weighted by Crippen LogP contribution is 2.17. The molecule has 3 heteroatoms. The zero-order valence-corrected chi connectivity index (χ0v) is 10.4. The van der Waals surface area contributed by atoms with Crippen LogP contribution in [0.4, 0.5) is 0 Å². The van der Waals surface area contributed by atoms with Crippen molar-refractivity contribution in [2.45, 2.75) is 45.7 Å². The Hall–Kier alpha value is -0.590. The first kappa shape index (κ1) is 12.5. The highest BCUT2D eigenvalue weighted by Gasteiger charge is 2.24. The molecule has 0 aromatic carbocycles. The van der Waals surface area contributed by atoms with Crippen molar-refractivity contribution in [1.29, 1.82) is 5.26 Å². The van der Waals surface area contributed by atoms with Crippen LogP contribution in [0.1, 0.15) is 33.6 Å². The minimum absolute atomic E-state index is 0.243. The summed E-state index contributed by atoms with van der Waals surface area (Å²) in [5, 5.41) is 12.4. The fraction of sp³-hybridized carbons (Fsp3) is 0.917. The maximum atomic E-state index is 8.92. The van der Waals surface area contributed by atoms with Crippen LogP contribution in [0.3, 0.4) is 0 Å². The first-order chi connectivity index (χ1) is 6.94. The summed E-state index contributed by atoms with van der Waals surface area (Å²) >= 11 is 0. The van der Waals surface area contributed by atoms with Gasteiger partial charge in [0, 0.05) is 18.6 Å². The maximum absolute atomic E-state index is 8.92. The van der Waals surface area contributed by atoms with Crippen LogP contribution in [-0.2, 0) is 0 Å². The Bertz CT molecular complexity index is 242. The molecule has 1 aliphatic heterocycles. The lowest BCUT2D eigenvalue weighted by atomic mass is 9.93. The van der Waals surface area contributed by atoms with Gasteiger partial charge in [-0.2, -0.15) is 5.26 Å². The Morgan fingerprint density at radius 2 is 2.20 bits per heavy atom. The Labute approximate surface area is 93.5 Å². The molecule has 15 heavy (non-hydrogen) atoms. The standard InChI is InChI=1S/C12H23N3/c1-10-7-11(5-6-15(10)4)14-9-12(2,3)8-13/h10-11,14H,5-7,9H2,1-4H3. The molecule has 0 amide bonds. The van der Waals surface area contributed by atoms with Crippen LogP contribution < -0.4 is 5.32 Å². The molecule has 2 atom stereocenters. The molecule has 0 aliphatic carbocycles. The van der Waals surface area contributed by atoms with Gasteiger partial charge in [-0.25, -0.2) is 0 Å². The summed E-state index contributed by atoms with van der Waals surface area (Å²) in [6.45, 7) is 8.19. The third kappa shape index (κ3) is 3.81. The lowest BCUT2D eigenvalue weighted by molar-refractivity contribution is 0.164. The molecule has 1 saturated heterocycles. The summed E-state index contributed by atoms with van der Waals surface area (Å²) in [6, 6.07) is 3.57. The monoisotopic (exact) mass is 209 g/mol. The van der Waals surface area contributed by atoms with Crippen LogP contribution in [0.15, 0.2) is 0 Å². The van der Waals surface area contributed by atoms with E-state index < -0.39 is 0 Å². The van der Waals surface area contributed by atoms with E-state index in [1.54, 1.807) is 0 Å². The van der Waals surface area contributed by atoms with E-state index in [0.29, 0.717) is 12.1 Å². The van der Waals surface area contributed by atoms with Crippen molar-refractivity contribution in [2.24, 2.45) is 5.41 Å². The molecule has 1 rings (SSSR count). The summed E-state index contributed by atoms with van der Waals surface area (Å²) in [4.78, 5) is 2.40. The summed E-state index contributed by atoms with van der Waals surface area (Å²) in [5.41, 5.74) is -0.243. The van der Waals surface area contributed by atoms with E-state index in [9.17, 15) is 0 Å². The van der Waals surface area contributed by atoms with E-state index in [1.807, 2.05) is 13.8 Å². The van der Waals surface area contributed by atoms with Crippen molar-refractivity contribution < 1.29 is 0 Å². The minimum atomic E-state index is -0.243. The van der Waals surface area contributed by atoms with Crippen molar-refractivity contribution in [3.63, 3.8) is 0 Å². The number of nitrogens with zero attached hydrogens (tertiary/aromatic N) is 2. The molecule has 0 saturated carbocycles. The van der Waals surface area contributed by atoms with Crippen LogP contribution in [0.5, 0.6) is 0 Å². The largest absolute Gasteiger partial charge is 0.312 e. The van der Waals surface area contributed by atoms with Gasteiger partial charge in [-0.1, -0.05) is 0 Å². The molecule has 0 aromatic rings. The first-order valence-corrected chi connectivity index (χ1v) is 5.79. The van der Waals surface area contributed by atoms with Gasteiger partial charge in [-0.15, -0.1) is 0 Å². The topological polar surface area (TPSA) is 39.1 Å². The lowest BCUT2D eigenvalue weighted by Gasteiger charge is -2.36. The van der Waals surface area contributed by atoms with E-state index in [0.717, 1.165) is 13.1 Å². The van der Waals surface area contributed by atoms with Gasteiger partial charge >= 0.3 is 0 Å². The van der Waals surface area contributed by atoms with Crippen LogP contribution in [-0.4, -0.2) is 37.1 Å². The molecule has 0 aromatic heterocycles. The summed E-state index contributed by atoms with van der Waals surface area (Å²) in [5.74, 6) is 0. The van der Waals surface area contributed by atoms with E-state index in [2.05, 4.69) is 30.3 Å². The number of nitrogens with one attached hydrogen (secondary N) is 1. The van der Waals surface area contributed by atoms with Crippen LogP contribution in [0.25, 0.3) is 0 Å². The quantitative estimate of drug-likeness (QED) is 0.767. The van der Waals surface area contributed by atoms with E-state index in [-0.39, 0.29) is 5.41 Å². The van der Waals surface area contributed by atoms with Gasteiger partial charge in [-0.3, -0.25) is 0 Å². The number of nitriles is 1. The van der Waals surface area contributed by atoms with Crippen LogP contribution >= 0.6 is 0 Å². The Balaban J connectivity index is 2.32. The van der Waals surface area contributed by atoms with Gasteiger partial charge in [0.2, 0.25) is 0 Å². The van der Waals surface area contributed by atoms with Crippen molar-refractivity contribution in [1.82, 2.24) is 10.2 Å². The average molecular weight is 209 g/mol. The second-order valence-corrected chi connectivity index (χ2v) is 5.43. The van der Waals surface area contributed by atoms with Gasteiger partial charge < -0.3 is 10.2 Å². The fourth-order valence-electron chi connectivity index (χ4n) is 1.91. The Morgan fingerprint density at radius 1 is 1.53 bits per heavy atom. The number of likely N-dealkylation sites (tertiary alicyclic amines) is 1. The van der Waals surface area contributed by atoms with E-state index >= 15 is 0 Å². The van der Waals surface area contributed by atoms with E-state index in [4.69, 9.17) is 5.26 Å². The highest BCUT2D eigenvalue weighted by molar-refractivity contribution is 4.94. The second kappa shape index (κ2) is 4.96. The lowest BCUT2D eigenvalue weighted by Crippen LogP contribution is -2.47. The third-order valence-electron chi connectivity index (χ3n) is 3.34. The van der Waals surface area contributed by atoms with Gasteiger partial charge in [0.05, 0.1) is 11.5 Å². The zero-order valence-electron chi connectivity index (χ0n) is 10.4. The van der Waals surface area contributed by atoms with Gasteiger partial charge in [0.1, 0.15) is 0 Å². The number of hydrogen-bond donors (Lipinski definition) is 1. The second-order valence-electron chi connectivity index (χ2n) is 5.43. The molecule has 0 bridgehead atoms. The maximum Gasteiger partial charge on any atom is 0.0697 e. The zero-order chi connectivity index (χ0) is 11.5. The predicted molar refractivity (Wildman–Crippen MR) is 62.5 cm³/mol. The molecule has 0 radical (unpaired) electrons. The van der Waals surface area contributed by atoms with Crippen molar-refractivity contribution in [3.8, 4) is 6.07 Å². The highest BCUT2D eigenvalue weighted by atomic mass is 15.1. The summed E-state index contributed by atoms with van der Waals surface area (Å²) in [6.07, 6.45) is 2.39. The van der Waals surface area contributed by atoms with Crippen molar-refractivity contribution in [3.05, 3.63) is 0 Å². The molecular formula is C12H23N3. The molecular weight excluding hydrogens is 186 g/mol. The molecule has 3 nitrogen and oxygen atoms in total. The van der Waals surface area contributed by atoms with Crippen LogP contribution in [0.2, 0.25) is 0 Å². The average Bonchev–Trinajstić information content (AvgIpc) is 2.20. The summed E-state index contributed by atoms with van der Waals surface area (Å²) < 4.78 is 0. The molecule has 2 unspecified atom stereocenters. The predicted octanol–water partition coefficient (Wildman–Crippen LogP) is 1.61. The smallest absolute Gasteiger partial charge is 0.0697 e. The van der Waals surface area contributed by atoms with Crippen molar-refractivity contribution in [2.75, 3.05) is 20.1 Å².